The molecule has 8 heteroatoms. The van der Waals surface area contributed by atoms with Crippen molar-refractivity contribution in [1.29, 1.82) is 0 Å². The van der Waals surface area contributed by atoms with Gasteiger partial charge in [0.2, 0.25) is 5.91 Å². The highest BCUT2D eigenvalue weighted by molar-refractivity contribution is 5.97. The fourth-order valence-corrected chi connectivity index (χ4v) is 5.75. The van der Waals surface area contributed by atoms with Gasteiger partial charge in [-0.25, -0.2) is 4.79 Å². The zero-order valence-corrected chi connectivity index (χ0v) is 22.7. The molecule has 40 heavy (non-hydrogen) atoms. The molecule has 3 saturated heterocycles. The van der Waals surface area contributed by atoms with Crippen LogP contribution < -0.4 is 0 Å². The van der Waals surface area contributed by atoms with Gasteiger partial charge in [0.1, 0.15) is 18.3 Å². The van der Waals surface area contributed by atoms with Crippen LogP contribution in [0.1, 0.15) is 37.0 Å². The number of hydrogen-bond acceptors (Lipinski definition) is 6. The van der Waals surface area contributed by atoms with Gasteiger partial charge < -0.3 is 23.8 Å². The van der Waals surface area contributed by atoms with Crippen molar-refractivity contribution in [3.63, 3.8) is 0 Å². The first kappa shape index (κ1) is 26.7. The van der Waals surface area contributed by atoms with E-state index < -0.39 is 36.4 Å². The SMILES string of the molecule is CC1(C)O[C@H]2O[C@H](C3CC(=O)N(Cc4ccccc4)C(=O)N3Cc3ccccc3)[C@H](OCc3ccccc3)[C@H]2O1. The molecule has 3 aliphatic rings. The normalized spacial score (nSPS) is 27.7. The molecule has 208 valence electrons. The second-order valence-electron chi connectivity index (χ2n) is 11.0. The number of urea groups is 1. The van der Waals surface area contributed by atoms with Crippen molar-refractivity contribution in [3.8, 4) is 0 Å². The minimum atomic E-state index is -0.830. The maximum Gasteiger partial charge on any atom is 0.327 e. The van der Waals surface area contributed by atoms with Crippen LogP contribution in [0.25, 0.3) is 0 Å². The molecule has 0 radical (unpaired) electrons. The standard InChI is InChI=1S/C32H34N2O6/c1-32(2)39-29-28(37-21-24-16-10-5-11-17-24)27(38-30(29)40-32)25-18-26(35)34(20-23-14-8-4-9-15-23)31(36)33(25)19-22-12-6-3-7-13-22/h3-17,25,27-30H,18-21H2,1-2H3/t25?,27-,28+,29-,30-/m1/s1. The third-order valence-corrected chi connectivity index (χ3v) is 7.63. The van der Waals surface area contributed by atoms with Gasteiger partial charge in [-0.05, 0) is 30.5 Å². The highest BCUT2D eigenvalue weighted by Gasteiger charge is 2.59. The molecule has 0 aliphatic carbocycles. The topological polar surface area (TPSA) is 77.5 Å². The minimum Gasteiger partial charge on any atom is -0.368 e. The molecular formula is C32H34N2O6. The Morgan fingerprint density at radius 3 is 1.98 bits per heavy atom. The van der Waals surface area contributed by atoms with Crippen molar-refractivity contribution in [2.75, 3.05) is 0 Å². The third-order valence-electron chi connectivity index (χ3n) is 7.63. The van der Waals surface area contributed by atoms with Gasteiger partial charge in [-0.3, -0.25) is 9.69 Å². The van der Waals surface area contributed by atoms with Gasteiger partial charge >= 0.3 is 6.03 Å². The molecule has 0 aromatic heterocycles. The number of hydrogen-bond donors (Lipinski definition) is 0. The van der Waals surface area contributed by atoms with E-state index in [4.69, 9.17) is 18.9 Å². The summed E-state index contributed by atoms with van der Waals surface area (Å²) in [6, 6.07) is 28.3. The van der Waals surface area contributed by atoms with Crippen molar-refractivity contribution in [2.45, 2.75) is 76.4 Å². The summed E-state index contributed by atoms with van der Waals surface area (Å²) < 4.78 is 25.2. The van der Waals surface area contributed by atoms with E-state index in [-0.39, 0.29) is 24.9 Å². The molecule has 0 saturated carbocycles. The Morgan fingerprint density at radius 1 is 0.775 bits per heavy atom. The van der Waals surface area contributed by atoms with Crippen LogP contribution in [0.2, 0.25) is 0 Å². The fraction of sp³-hybridized carbons (Fsp3) is 0.375. The van der Waals surface area contributed by atoms with Crippen LogP contribution in [-0.4, -0.2) is 58.2 Å². The number of rotatable bonds is 8. The molecule has 3 aliphatic heterocycles. The lowest BCUT2D eigenvalue weighted by Crippen LogP contribution is -2.61. The predicted molar refractivity (Wildman–Crippen MR) is 146 cm³/mol. The van der Waals surface area contributed by atoms with Crippen LogP contribution in [0, 0.1) is 0 Å². The molecule has 3 heterocycles. The lowest BCUT2D eigenvalue weighted by Gasteiger charge is -2.44. The minimum absolute atomic E-state index is 0.101. The maximum atomic E-state index is 14.0. The highest BCUT2D eigenvalue weighted by atomic mass is 16.8. The summed E-state index contributed by atoms with van der Waals surface area (Å²) in [5.74, 6) is -1.07. The number of ether oxygens (including phenoxy) is 4. The third kappa shape index (κ3) is 5.53. The van der Waals surface area contributed by atoms with E-state index in [0.717, 1.165) is 16.7 Å². The zero-order valence-electron chi connectivity index (χ0n) is 22.7. The maximum absolute atomic E-state index is 14.0. The predicted octanol–water partition coefficient (Wildman–Crippen LogP) is 4.87. The number of fused-ring (bicyclic) bond motifs is 1. The number of nitrogens with zero attached hydrogens (tertiary/aromatic N) is 2. The molecule has 1 unspecified atom stereocenters. The molecule has 3 amide bonds. The summed E-state index contributed by atoms with van der Waals surface area (Å²) in [6.07, 6.45) is -2.21. The Kier molecular flexibility index (Phi) is 7.42. The molecule has 0 bridgehead atoms. The molecule has 5 atom stereocenters. The van der Waals surface area contributed by atoms with Crippen LogP contribution >= 0.6 is 0 Å². The van der Waals surface area contributed by atoms with Gasteiger partial charge in [-0.15, -0.1) is 0 Å². The highest BCUT2D eigenvalue weighted by Crippen LogP contribution is 2.42. The Balaban J connectivity index is 1.30. The molecule has 8 nitrogen and oxygen atoms in total. The molecular weight excluding hydrogens is 508 g/mol. The number of amides is 3. The first-order valence-electron chi connectivity index (χ1n) is 13.7. The van der Waals surface area contributed by atoms with E-state index >= 15 is 0 Å². The molecule has 3 fully saturated rings. The first-order valence-corrected chi connectivity index (χ1v) is 13.7. The Labute approximate surface area is 234 Å². The average molecular weight is 543 g/mol. The van der Waals surface area contributed by atoms with Crippen molar-refractivity contribution < 1.29 is 28.5 Å². The zero-order chi connectivity index (χ0) is 27.7. The monoisotopic (exact) mass is 542 g/mol. The summed E-state index contributed by atoms with van der Waals surface area (Å²) in [4.78, 5) is 30.6. The first-order chi connectivity index (χ1) is 19.4. The van der Waals surface area contributed by atoms with E-state index in [9.17, 15) is 9.59 Å². The Morgan fingerprint density at radius 2 is 1.35 bits per heavy atom. The van der Waals surface area contributed by atoms with Crippen LogP contribution in [0.15, 0.2) is 91.0 Å². The number of carbonyl (C=O) groups excluding carboxylic acids is 2. The van der Waals surface area contributed by atoms with Crippen LogP contribution in [0.4, 0.5) is 4.79 Å². The van der Waals surface area contributed by atoms with Crippen LogP contribution in [-0.2, 0) is 43.4 Å². The van der Waals surface area contributed by atoms with E-state index in [1.165, 1.54) is 4.90 Å². The summed E-state index contributed by atoms with van der Waals surface area (Å²) in [6.45, 7) is 4.56. The van der Waals surface area contributed by atoms with Gasteiger partial charge in [0.15, 0.2) is 12.1 Å². The quantitative estimate of drug-likeness (QED) is 0.404. The van der Waals surface area contributed by atoms with Gasteiger partial charge in [0.05, 0.1) is 25.6 Å². The van der Waals surface area contributed by atoms with Crippen molar-refractivity contribution >= 4 is 11.9 Å². The summed E-state index contributed by atoms with van der Waals surface area (Å²) in [5, 5.41) is 0. The molecule has 0 spiro atoms. The second-order valence-corrected chi connectivity index (χ2v) is 11.0. The summed E-state index contributed by atoms with van der Waals surface area (Å²) >= 11 is 0. The molecule has 6 rings (SSSR count). The van der Waals surface area contributed by atoms with Crippen LogP contribution in [0.3, 0.4) is 0 Å². The van der Waals surface area contributed by atoms with E-state index in [2.05, 4.69) is 0 Å². The molecule has 3 aromatic rings. The van der Waals surface area contributed by atoms with Crippen LogP contribution in [0.5, 0.6) is 0 Å². The summed E-state index contributed by atoms with van der Waals surface area (Å²) in [5.41, 5.74) is 2.86. The van der Waals surface area contributed by atoms with E-state index in [1.807, 2.05) is 105 Å². The smallest absolute Gasteiger partial charge is 0.327 e. The number of imide groups is 1. The number of benzene rings is 3. The van der Waals surface area contributed by atoms with E-state index in [0.29, 0.717) is 13.2 Å². The molecule has 3 aromatic carbocycles. The van der Waals surface area contributed by atoms with Crippen molar-refractivity contribution in [3.05, 3.63) is 108 Å². The van der Waals surface area contributed by atoms with Gasteiger partial charge in [-0.2, -0.15) is 0 Å². The van der Waals surface area contributed by atoms with Crippen molar-refractivity contribution in [1.82, 2.24) is 9.80 Å². The summed E-state index contributed by atoms with van der Waals surface area (Å²) in [7, 11) is 0. The number of carbonyl (C=O) groups is 2. The van der Waals surface area contributed by atoms with Gasteiger partial charge in [0, 0.05) is 6.54 Å². The van der Waals surface area contributed by atoms with Crippen molar-refractivity contribution in [2.24, 2.45) is 0 Å². The Hall–Kier alpha value is -3.56. The second kappa shape index (κ2) is 11.1. The molecule has 0 N–H and O–H groups in total. The average Bonchev–Trinajstić information content (AvgIpc) is 3.44. The van der Waals surface area contributed by atoms with Gasteiger partial charge in [0.25, 0.3) is 0 Å². The largest absolute Gasteiger partial charge is 0.368 e. The lowest BCUT2D eigenvalue weighted by molar-refractivity contribution is -0.227. The van der Waals surface area contributed by atoms with Gasteiger partial charge in [-0.1, -0.05) is 91.0 Å². The Bertz CT molecular complexity index is 1320. The fourth-order valence-electron chi connectivity index (χ4n) is 5.75. The lowest BCUT2D eigenvalue weighted by atomic mass is 9.95. The van der Waals surface area contributed by atoms with E-state index in [1.54, 1.807) is 4.90 Å².